The molecular weight excluding hydrogens is 176 g/mol. The minimum atomic E-state index is 0.131. The zero-order valence-electron chi connectivity index (χ0n) is 9.31. The van der Waals surface area contributed by atoms with Crippen LogP contribution in [0, 0.1) is 11.8 Å². The van der Waals surface area contributed by atoms with Gasteiger partial charge in [0.2, 0.25) is 5.91 Å². The van der Waals surface area contributed by atoms with Gasteiger partial charge in [-0.3, -0.25) is 4.79 Å². The van der Waals surface area contributed by atoms with Crippen LogP contribution in [-0.2, 0) is 4.79 Å². The molecule has 0 aromatic heterocycles. The van der Waals surface area contributed by atoms with Crippen LogP contribution < -0.4 is 10.6 Å². The molecule has 1 saturated carbocycles. The first-order valence-electron chi connectivity index (χ1n) is 5.71. The maximum absolute atomic E-state index is 11.3. The van der Waals surface area contributed by atoms with Gasteiger partial charge in [0.15, 0.2) is 0 Å². The first-order valence-corrected chi connectivity index (χ1v) is 5.71. The molecule has 0 bridgehead atoms. The van der Waals surface area contributed by atoms with Crippen LogP contribution in [0.3, 0.4) is 0 Å². The van der Waals surface area contributed by atoms with Gasteiger partial charge in [0.25, 0.3) is 0 Å². The van der Waals surface area contributed by atoms with Gasteiger partial charge >= 0.3 is 0 Å². The van der Waals surface area contributed by atoms with Crippen LogP contribution in [0.4, 0.5) is 0 Å². The molecule has 3 nitrogen and oxygen atoms in total. The predicted octanol–water partition coefficient (Wildman–Crippen LogP) is 1.15. The molecule has 0 aromatic rings. The highest BCUT2D eigenvalue weighted by Gasteiger charge is 2.23. The van der Waals surface area contributed by atoms with E-state index in [1.807, 2.05) is 6.92 Å². The van der Waals surface area contributed by atoms with Gasteiger partial charge in [-0.1, -0.05) is 26.7 Å². The molecule has 0 aromatic carbocycles. The molecule has 1 aliphatic rings. The number of hydrogen-bond acceptors (Lipinski definition) is 2. The average Bonchev–Trinajstić information content (AvgIpc) is 2.58. The summed E-state index contributed by atoms with van der Waals surface area (Å²) in [6.45, 7) is 6.47. The molecule has 0 radical (unpaired) electrons. The molecule has 1 fully saturated rings. The Morgan fingerprint density at radius 3 is 2.79 bits per heavy atom. The van der Waals surface area contributed by atoms with E-state index in [0.29, 0.717) is 12.5 Å². The molecule has 82 valence electrons. The van der Waals surface area contributed by atoms with Crippen molar-refractivity contribution in [3.8, 4) is 0 Å². The van der Waals surface area contributed by atoms with Crippen LogP contribution >= 0.6 is 0 Å². The molecule has 0 aliphatic heterocycles. The lowest BCUT2D eigenvalue weighted by atomic mass is 9.98. The van der Waals surface area contributed by atoms with E-state index in [9.17, 15) is 4.79 Å². The smallest absolute Gasteiger partial charge is 0.233 e. The third-order valence-electron chi connectivity index (χ3n) is 3.14. The van der Waals surface area contributed by atoms with Crippen molar-refractivity contribution in [3.63, 3.8) is 0 Å². The van der Waals surface area contributed by atoms with Gasteiger partial charge in [0.1, 0.15) is 0 Å². The van der Waals surface area contributed by atoms with Crippen LogP contribution in [0.2, 0.25) is 0 Å². The summed E-state index contributed by atoms with van der Waals surface area (Å²) in [5.41, 5.74) is 0. The van der Waals surface area contributed by atoms with Crippen molar-refractivity contribution in [1.82, 2.24) is 10.6 Å². The quantitative estimate of drug-likeness (QED) is 0.696. The molecule has 2 atom stereocenters. The van der Waals surface area contributed by atoms with E-state index in [1.54, 1.807) is 0 Å². The van der Waals surface area contributed by atoms with E-state index in [4.69, 9.17) is 0 Å². The molecule has 0 saturated heterocycles. The van der Waals surface area contributed by atoms with E-state index in [0.717, 1.165) is 19.0 Å². The van der Waals surface area contributed by atoms with Crippen LogP contribution in [-0.4, -0.2) is 25.5 Å². The molecule has 1 rings (SSSR count). The minimum absolute atomic E-state index is 0.131. The fraction of sp³-hybridized carbons (Fsp3) is 0.909. The summed E-state index contributed by atoms with van der Waals surface area (Å²) in [7, 11) is 0. The van der Waals surface area contributed by atoms with Gasteiger partial charge < -0.3 is 10.6 Å². The summed E-state index contributed by atoms with van der Waals surface area (Å²) >= 11 is 0. The normalized spacial score (nSPS) is 26.4. The first kappa shape index (κ1) is 11.5. The zero-order chi connectivity index (χ0) is 10.4. The number of nitrogens with one attached hydrogen (secondary N) is 2. The highest BCUT2D eigenvalue weighted by Crippen LogP contribution is 2.30. The lowest BCUT2D eigenvalue weighted by Gasteiger charge is -2.15. The number of likely N-dealkylation sites (N-methyl/N-ethyl adjacent to an activating group) is 1. The van der Waals surface area contributed by atoms with Crippen molar-refractivity contribution in [2.24, 2.45) is 11.8 Å². The number of carbonyl (C=O) groups is 1. The second-order valence-electron chi connectivity index (χ2n) is 4.25. The molecule has 0 heterocycles. The largest absolute Gasteiger partial charge is 0.355 e. The van der Waals surface area contributed by atoms with Crippen molar-refractivity contribution in [2.45, 2.75) is 33.1 Å². The summed E-state index contributed by atoms with van der Waals surface area (Å²) in [5.74, 6) is 1.63. The van der Waals surface area contributed by atoms with E-state index >= 15 is 0 Å². The standard InChI is InChI=1S/C11H22N2O/c1-3-12-8-11(14)13-7-10-6-4-5-9(10)2/h9-10,12H,3-8H2,1-2H3,(H,13,14). The van der Waals surface area contributed by atoms with Crippen LogP contribution in [0.1, 0.15) is 33.1 Å². The number of hydrogen-bond donors (Lipinski definition) is 2. The molecule has 14 heavy (non-hydrogen) atoms. The lowest BCUT2D eigenvalue weighted by molar-refractivity contribution is -0.120. The van der Waals surface area contributed by atoms with E-state index in [-0.39, 0.29) is 5.91 Å². The van der Waals surface area contributed by atoms with Crippen molar-refractivity contribution in [1.29, 1.82) is 0 Å². The van der Waals surface area contributed by atoms with E-state index in [1.165, 1.54) is 19.3 Å². The summed E-state index contributed by atoms with van der Waals surface area (Å²) in [6, 6.07) is 0. The van der Waals surface area contributed by atoms with Gasteiger partial charge in [-0.05, 0) is 24.8 Å². The Morgan fingerprint density at radius 1 is 1.43 bits per heavy atom. The number of rotatable bonds is 5. The second kappa shape index (κ2) is 6.02. The third kappa shape index (κ3) is 3.66. The molecule has 0 spiro atoms. The number of amides is 1. The fourth-order valence-corrected chi connectivity index (χ4v) is 2.07. The fourth-order valence-electron chi connectivity index (χ4n) is 2.07. The molecule has 2 N–H and O–H groups in total. The molecule has 1 amide bonds. The Morgan fingerprint density at radius 2 is 2.21 bits per heavy atom. The highest BCUT2D eigenvalue weighted by atomic mass is 16.1. The Balaban J connectivity index is 2.10. The molecule has 1 aliphatic carbocycles. The topological polar surface area (TPSA) is 41.1 Å². The van der Waals surface area contributed by atoms with Crippen molar-refractivity contribution in [2.75, 3.05) is 19.6 Å². The van der Waals surface area contributed by atoms with Crippen LogP contribution in [0.15, 0.2) is 0 Å². The molecule has 3 heteroatoms. The maximum atomic E-state index is 11.3. The summed E-state index contributed by atoms with van der Waals surface area (Å²) < 4.78 is 0. The Kier molecular flexibility index (Phi) is 4.94. The Labute approximate surface area is 86.6 Å². The van der Waals surface area contributed by atoms with Crippen LogP contribution in [0.5, 0.6) is 0 Å². The predicted molar refractivity (Wildman–Crippen MR) is 58.1 cm³/mol. The van der Waals surface area contributed by atoms with Crippen molar-refractivity contribution >= 4 is 5.91 Å². The SMILES string of the molecule is CCNCC(=O)NCC1CCCC1C. The zero-order valence-corrected chi connectivity index (χ0v) is 9.31. The van der Waals surface area contributed by atoms with Gasteiger partial charge in [0, 0.05) is 6.54 Å². The van der Waals surface area contributed by atoms with Gasteiger partial charge in [-0.25, -0.2) is 0 Å². The van der Waals surface area contributed by atoms with Crippen molar-refractivity contribution < 1.29 is 4.79 Å². The van der Waals surface area contributed by atoms with E-state index < -0.39 is 0 Å². The lowest BCUT2D eigenvalue weighted by Crippen LogP contribution is -2.37. The summed E-state index contributed by atoms with van der Waals surface area (Å²) in [6.07, 6.45) is 3.94. The highest BCUT2D eigenvalue weighted by molar-refractivity contribution is 5.77. The minimum Gasteiger partial charge on any atom is -0.355 e. The Hall–Kier alpha value is -0.570. The third-order valence-corrected chi connectivity index (χ3v) is 3.14. The number of carbonyl (C=O) groups excluding carboxylic acids is 1. The molecule has 2 unspecified atom stereocenters. The summed E-state index contributed by atoms with van der Waals surface area (Å²) in [5, 5.41) is 6.01. The molecular formula is C11H22N2O. The summed E-state index contributed by atoms with van der Waals surface area (Å²) in [4.78, 5) is 11.3. The maximum Gasteiger partial charge on any atom is 0.233 e. The monoisotopic (exact) mass is 198 g/mol. The van der Waals surface area contributed by atoms with Gasteiger partial charge in [-0.15, -0.1) is 0 Å². The van der Waals surface area contributed by atoms with Gasteiger partial charge in [-0.2, -0.15) is 0 Å². The second-order valence-corrected chi connectivity index (χ2v) is 4.25. The van der Waals surface area contributed by atoms with Crippen LogP contribution in [0.25, 0.3) is 0 Å². The van der Waals surface area contributed by atoms with Gasteiger partial charge in [0.05, 0.1) is 6.54 Å². The first-order chi connectivity index (χ1) is 6.74. The Bertz CT molecular complexity index is 182. The van der Waals surface area contributed by atoms with Crippen molar-refractivity contribution in [3.05, 3.63) is 0 Å². The van der Waals surface area contributed by atoms with E-state index in [2.05, 4.69) is 17.6 Å². The average molecular weight is 198 g/mol.